The molecule has 0 saturated carbocycles. The summed E-state index contributed by atoms with van der Waals surface area (Å²) in [6.07, 6.45) is 3.36. The predicted octanol–water partition coefficient (Wildman–Crippen LogP) is 0.622. The third-order valence-corrected chi connectivity index (χ3v) is 3.60. The van der Waals surface area contributed by atoms with Crippen LogP contribution in [0.4, 0.5) is 0 Å². The Bertz CT molecular complexity index is 669. The van der Waals surface area contributed by atoms with Crippen LogP contribution in [0.25, 0.3) is 0 Å². The number of nitrogens with zero attached hydrogens (tertiary/aromatic N) is 2. The number of carbonyl (C=O) groups excluding carboxylic acids is 1. The molecule has 1 aromatic carbocycles. The van der Waals surface area contributed by atoms with Crippen molar-refractivity contribution in [3.8, 4) is 0 Å². The molecule has 0 bridgehead atoms. The van der Waals surface area contributed by atoms with Gasteiger partial charge in [0.25, 0.3) is 0 Å². The van der Waals surface area contributed by atoms with Crippen LogP contribution in [0.1, 0.15) is 23.7 Å². The van der Waals surface area contributed by atoms with Gasteiger partial charge in [-0.1, -0.05) is 30.3 Å². The maximum Gasteiger partial charge on any atom is 0.326 e. The molecule has 1 amide bonds. The molecular formula is C16H20N4O3. The molecule has 2 aromatic rings. The molecule has 0 fully saturated rings. The van der Waals surface area contributed by atoms with Gasteiger partial charge in [-0.05, 0) is 5.56 Å². The van der Waals surface area contributed by atoms with E-state index in [1.54, 1.807) is 24.1 Å². The highest BCUT2D eigenvalue weighted by atomic mass is 16.4. The van der Waals surface area contributed by atoms with E-state index in [1.165, 1.54) is 0 Å². The summed E-state index contributed by atoms with van der Waals surface area (Å²) in [5.74, 6) is -1.48. The van der Waals surface area contributed by atoms with Crippen molar-refractivity contribution < 1.29 is 14.7 Å². The molecule has 0 spiro atoms. The minimum absolute atomic E-state index is 0.0270. The van der Waals surface area contributed by atoms with Gasteiger partial charge in [0.2, 0.25) is 5.91 Å². The number of amides is 1. The maximum atomic E-state index is 12.1. The van der Waals surface area contributed by atoms with Crippen LogP contribution in [0.15, 0.2) is 42.9 Å². The minimum atomic E-state index is -1.09. The van der Waals surface area contributed by atoms with Gasteiger partial charge in [0.05, 0.1) is 6.33 Å². The van der Waals surface area contributed by atoms with Gasteiger partial charge in [0.15, 0.2) is 0 Å². The Morgan fingerprint density at radius 2 is 2.04 bits per heavy atom. The van der Waals surface area contributed by atoms with Crippen LogP contribution in [0.5, 0.6) is 0 Å². The predicted molar refractivity (Wildman–Crippen MR) is 84.5 cm³/mol. The Labute approximate surface area is 134 Å². The number of hydrogen-bond acceptors (Lipinski definition) is 4. The highest BCUT2D eigenvalue weighted by Gasteiger charge is 2.22. The Kier molecular flexibility index (Phi) is 5.48. The molecule has 0 aliphatic carbocycles. The van der Waals surface area contributed by atoms with Gasteiger partial charge < -0.3 is 20.7 Å². The molecule has 2 rings (SSSR count). The molecule has 0 aliphatic heterocycles. The van der Waals surface area contributed by atoms with Gasteiger partial charge in [0.1, 0.15) is 6.04 Å². The first-order valence-electron chi connectivity index (χ1n) is 7.25. The third kappa shape index (κ3) is 4.65. The Morgan fingerprint density at radius 3 is 2.61 bits per heavy atom. The summed E-state index contributed by atoms with van der Waals surface area (Å²) in [6, 6.07) is 7.74. The number of hydrogen-bond donors (Lipinski definition) is 3. The number of imidazole rings is 1. The van der Waals surface area contributed by atoms with E-state index in [4.69, 9.17) is 5.73 Å². The number of carbonyl (C=O) groups is 2. The van der Waals surface area contributed by atoms with E-state index in [9.17, 15) is 14.7 Å². The Hall–Kier alpha value is -2.67. The lowest BCUT2D eigenvalue weighted by atomic mass is 10.0. The van der Waals surface area contributed by atoms with Gasteiger partial charge in [-0.15, -0.1) is 0 Å². The zero-order valence-corrected chi connectivity index (χ0v) is 12.8. The highest BCUT2D eigenvalue weighted by molar-refractivity contribution is 5.84. The SMILES string of the molecule is Cn1cncc1C[C@H](NC(=O)C[C@@H](N)c1ccccc1)C(=O)O. The fourth-order valence-corrected chi connectivity index (χ4v) is 2.26. The molecule has 0 radical (unpaired) electrons. The summed E-state index contributed by atoms with van der Waals surface area (Å²) in [5.41, 5.74) is 7.55. The third-order valence-electron chi connectivity index (χ3n) is 3.60. The molecular weight excluding hydrogens is 296 g/mol. The van der Waals surface area contributed by atoms with Crippen molar-refractivity contribution >= 4 is 11.9 Å². The van der Waals surface area contributed by atoms with Crippen molar-refractivity contribution in [1.29, 1.82) is 0 Å². The van der Waals surface area contributed by atoms with E-state index < -0.39 is 24.0 Å². The number of aromatic nitrogens is 2. The summed E-state index contributed by atoms with van der Waals surface area (Å²) in [5, 5.41) is 11.8. The lowest BCUT2D eigenvalue weighted by Crippen LogP contribution is -2.43. The van der Waals surface area contributed by atoms with Gasteiger partial charge in [-0.3, -0.25) is 4.79 Å². The lowest BCUT2D eigenvalue weighted by Gasteiger charge is -2.17. The molecule has 122 valence electrons. The van der Waals surface area contributed by atoms with Crippen LogP contribution >= 0.6 is 0 Å². The quantitative estimate of drug-likeness (QED) is 0.693. The second-order valence-electron chi connectivity index (χ2n) is 5.38. The summed E-state index contributed by atoms with van der Waals surface area (Å²) in [7, 11) is 1.77. The van der Waals surface area contributed by atoms with Crippen LogP contribution in [0.2, 0.25) is 0 Å². The van der Waals surface area contributed by atoms with E-state index >= 15 is 0 Å². The number of carboxylic acid groups (broad SMARTS) is 1. The molecule has 0 aliphatic rings. The van der Waals surface area contributed by atoms with Crippen molar-refractivity contribution in [2.75, 3.05) is 0 Å². The molecule has 2 atom stereocenters. The zero-order chi connectivity index (χ0) is 16.8. The van der Waals surface area contributed by atoms with Crippen molar-refractivity contribution in [3.05, 3.63) is 54.1 Å². The van der Waals surface area contributed by atoms with E-state index in [0.717, 1.165) is 11.3 Å². The van der Waals surface area contributed by atoms with Crippen LogP contribution in [-0.4, -0.2) is 32.6 Å². The Morgan fingerprint density at radius 1 is 1.35 bits per heavy atom. The smallest absolute Gasteiger partial charge is 0.326 e. The molecule has 23 heavy (non-hydrogen) atoms. The van der Waals surface area contributed by atoms with Crippen LogP contribution < -0.4 is 11.1 Å². The van der Waals surface area contributed by atoms with Crippen molar-refractivity contribution in [2.24, 2.45) is 12.8 Å². The van der Waals surface area contributed by atoms with Gasteiger partial charge >= 0.3 is 5.97 Å². The van der Waals surface area contributed by atoms with Crippen LogP contribution in [-0.2, 0) is 23.1 Å². The van der Waals surface area contributed by atoms with Crippen molar-refractivity contribution in [1.82, 2.24) is 14.9 Å². The van der Waals surface area contributed by atoms with Gasteiger partial charge in [-0.2, -0.15) is 0 Å². The summed E-state index contributed by atoms with van der Waals surface area (Å²) in [4.78, 5) is 27.4. The normalized spacial score (nSPS) is 13.3. The fraction of sp³-hybridized carbons (Fsp3) is 0.312. The average Bonchev–Trinajstić information content (AvgIpc) is 2.92. The number of rotatable bonds is 7. The molecule has 1 heterocycles. The van der Waals surface area contributed by atoms with E-state index in [1.807, 2.05) is 30.3 Å². The first-order valence-corrected chi connectivity index (χ1v) is 7.25. The summed E-state index contributed by atoms with van der Waals surface area (Å²) < 4.78 is 1.72. The largest absolute Gasteiger partial charge is 0.480 e. The number of aryl methyl sites for hydroxylation is 1. The first-order chi connectivity index (χ1) is 11.0. The minimum Gasteiger partial charge on any atom is -0.480 e. The monoisotopic (exact) mass is 316 g/mol. The second-order valence-corrected chi connectivity index (χ2v) is 5.38. The van der Waals surface area contributed by atoms with Crippen LogP contribution in [0, 0.1) is 0 Å². The standard InChI is InChI=1S/C16H20N4O3/c1-20-10-18-9-12(20)7-14(16(22)23)19-15(21)8-13(17)11-5-3-2-4-6-11/h2-6,9-10,13-14H,7-8,17H2,1H3,(H,19,21)(H,22,23)/t13-,14+/m1/s1. The highest BCUT2D eigenvalue weighted by Crippen LogP contribution is 2.13. The summed E-state index contributed by atoms with van der Waals surface area (Å²) >= 11 is 0. The lowest BCUT2D eigenvalue weighted by molar-refractivity contribution is -0.141. The zero-order valence-electron chi connectivity index (χ0n) is 12.8. The molecule has 7 nitrogen and oxygen atoms in total. The fourth-order valence-electron chi connectivity index (χ4n) is 2.26. The first kappa shape index (κ1) is 16.7. The van der Waals surface area contributed by atoms with Gasteiger partial charge in [0, 0.05) is 37.8 Å². The Balaban J connectivity index is 1.96. The number of nitrogens with two attached hydrogens (primary N) is 1. The molecule has 4 N–H and O–H groups in total. The number of benzene rings is 1. The topological polar surface area (TPSA) is 110 Å². The average molecular weight is 316 g/mol. The second kappa shape index (κ2) is 7.55. The maximum absolute atomic E-state index is 12.1. The molecule has 0 saturated heterocycles. The number of carboxylic acids is 1. The molecule has 7 heteroatoms. The van der Waals surface area contributed by atoms with Crippen molar-refractivity contribution in [3.63, 3.8) is 0 Å². The van der Waals surface area contributed by atoms with E-state index in [0.29, 0.717) is 0 Å². The summed E-state index contributed by atoms with van der Waals surface area (Å²) in [6.45, 7) is 0. The number of aliphatic carboxylic acids is 1. The number of nitrogens with one attached hydrogen (secondary N) is 1. The van der Waals surface area contributed by atoms with Crippen LogP contribution in [0.3, 0.4) is 0 Å². The van der Waals surface area contributed by atoms with Gasteiger partial charge in [-0.25, -0.2) is 9.78 Å². The molecule has 0 unspecified atom stereocenters. The van der Waals surface area contributed by atoms with E-state index in [2.05, 4.69) is 10.3 Å². The molecule has 1 aromatic heterocycles. The van der Waals surface area contributed by atoms with E-state index in [-0.39, 0.29) is 12.8 Å². The van der Waals surface area contributed by atoms with Crippen molar-refractivity contribution in [2.45, 2.75) is 24.9 Å².